The molecule has 1 aromatic carbocycles. The number of aryl methyl sites for hydroxylation is 1. The molecule has 3 heteroatoms. The first-order valence-corrected chi connectivity index (χ1v) is 7.18. The first-order valence-electron chi connectivity index (χ1n) is 7.18. The topological polar surface area (TPSA) is 53.0 Å². The molecule has 1 fully saturated rings. The average molecular weight is 257 g/mol. The predicted octanol–water partition coefficient (Wildman–Crippen LogP) is 2.82. The van der Waals surface area contributed by atoms with Crippen LogP contribution in [0.3, 0.4) is 0 Å². The van der Waals surface area contributed by atoms with E-state index in [2.05, 4.69) is 30.9 Å². The van der Waals surface area contributed by atoms with Crippen LogP contribution in [0.25, 0.3) is 0 Å². The summed E-state index contributed by atoms with van der Waals surface area (Å²) < 4.78 is 0. The Hall–Kier alpha value is -1.53. The van der Waals surface area contributed by atoms with Crippen molar-refractivity contribution in [2.45, 2.75) is 39.2 Å². The number of hydrogen-bond donors (Lipinski definition) is 1. The summed E-state index contributed by atoms with van der Waals surface area (Å²) in [4.78, 5) is 2.38. The number of anilines is 1. The third-order valence-corrected chi connectivity index (χ3v) is 4.25. The van der Waals surface area contributed by atoms with Crippen molar-refractivity contribution in [3.8, 4) is 6.07 Å². The summed E-state index contributed by atoms with van der Waals surface area (Å²) in [5.41, 5.74) is 8.96. The molecule has 0 saturated heterocycles. The van der Waals surface area contributed by atoms with Gasteiger partial charge in [-0.25, -0.2) is 0 Å². The van der Waals surface area contributed by atoms with Crippen LogP contribution in [-0.2, 0) is 0 Å². The lowest BCUT2D eigenvalue weighted by Gasteiger charge is -2.34. The van der Waals surface area contributed by atoms with Crippen LogP contribution in [0.4, 0.5) is 5.69 Å². The van der Waals surface area contributed by atoms with E-state index in [1.54, 1.807) is 0 Å². The molecule has 2 rings (SSSR count). The predicted molar refractivity (Wildman–Crippen MR) is 79.1 cm³/mol. The Morgan fingerprint density at radius 1 is 1.42 bits per heavy atom. The van der Waals surface area contributed by atoms with Crippen LogP contribution in [0.5, 0.6) is 0 Å². The standard InChI is InChI=1S/C16H23N3/c1-3-19(15-6-4-5-13(15)10-17)16-9-12(2)7-8-14(16)11-18/h7-9,13,15H,3-6,10,17H2,1-2H3. The van der Waals surface area contributed by atoms with Crippen molar-refractivity contribution in [2.75, 3.05) is 18.0 Å². The maximum absolute atomic E-state index is 9.32. The van der Waals surface area contributed by atoms with E-state index in [1.165, 1.54) is 24.8 Å². The zero-order valence-corrected chi connectivity index (χ0v) is 11.9. The fourth-order valence-electron chi connectivity index (χ4n) is 3.26. The Kier molecular flexibility index (Phi) is 4.44. The maximum Gasteiger partial charge on any atom is 0.101 e. The normalized spacial score (nSPS) is 22.2. The number of nitrogens with two attached hydrogens (primary N) is 1. The van der Waals surface area contributed by atoms with E-state index in [0.717, 1.165) is 24.3 Å². The molecule has 0 aliphatic heterocycles. The molecule has 1 aromatic rings. The fraction of sp³-hybridized carbons (Fsp3) is 0.562. The van der Waals surface area contributed by atoms with Gasteiger partial charge in [-0.3, -0.25) is 0 Å². The highest BCUT2D eigenvalue weighted by atomic mass is 15.2. The number of nitriles is 1. The molecule has 19 heavy (non-hydrogen) atoms. The van der Waals surface area contributed by atoms with Gasteiger partial charge in [-0.05, 0) is 56.8 Å². The molecule has 1 aliphatic rings. The van der Waals surface area contributed by atoms with Crippen molar-refractivity contribution in [1.29, 1.82) is 5.26 Å². The Bertz CT molecular complexity index is 475. The maximum atomic E-state index is 9.32. The lowest BCUT2D eigenvalue weighted by Crippen LogP contribution is -2.40. The Balaban J connectivity index is 2.36. The number of hydrogen-bond acceptors (Lipinski definition) is 3. The van der Waals surface area contributed by atoms with Gasteiger partial charge in [0.05, 0.1) is 11.3 Å². The van der Waals surface area contributed by atoms with E-state index in [4.69, 9.17) is 5.73 Å². The van der Waals surface area contributed by atoms with Gasteiger partial charge in [-0.1, -0.05) is 12.5 Å². The molecule has 0 spiro atoms. The highest BCUT2D eigenvalue weighted by Gasteiger charge is 2.31. The van der Waals surface area contributed by atoms with Crippen molar-refractivity contribution in [3.63, 3.8) is 0 Å². The molecule has 0 amide bonds. The van der Waals surface area contributed by atoms with Gasteiger partial charge in [0.15, 0.2) is 0 Å². The molecule has 2 unspecified atom stereocenters. The summed E-state index contributed by atoms with van der Waals surface area (Å²) in [6.45, 7) is 5.91. The largest absolute Gasteiger partial charge is 0.367 e. The van der Waals surface area contributed by atoms with E-state index in [-0.39, 0.29) is 0 Å². The van der Waals surface area contributed by atoms with Gasteiger partial charge >= 0.3 is 0 Å². The molecule has 0 heterocycles. The molecule has 0 aromatic heterocycles. The van der Waals surface area contributed by atoms with Crippen molar-refractivity contribution in [1.82, 2.24) is 0 Å². The van der Waals surface area contributed by atoms with Gasteiger partial charge in [-0.2, -0.15) is 5.26 Å². The summed E-state index contributed by atoms with van der Waals surface area (Å²) >= 11 is 0. The molecular formula is C16H23N3. The molecule has 0 bridgehead atoms. The Morgan fingerprint density at radius 2 is 2.21 bits per heavy atom. The van der Waals surface area contributed by atoms with Crippen molar-refractivity contribution < 1.29 is 0 Å². The van der Waals surface area contributed by atoms with Crippen LogP contribution in [0, 0.1) is 24.2 Å². The third kappa shape index (κ3) is 2.74. The van der Waals surface area contributed by atoms with Gasteiger partial charge in [0.2, 0.25) is 0 Å². The number of rotatable bonds is 4. The van der Waals surface area contributed by atoms with Gasteiger partial charge in [0.1, 0.15) is 6.07 Å². The van der Waals surface area contributed by atoms with Crippen LogP contribution < -0.4 is 10.6 Å². The second-order valence-electron chi connectivity index (χ2n) is 5.41. The van der Waals surface area contributed by atoms with Gasteiger partial charge in [0.25, 0.3) is 0 Å². The molecule has 2 N–H and O–H groups in total. The second kappa shape index (κ2) is 6.08. The van der Waals surface area contributed by atoms with Gasteiger partial charge in [-0.15, -0.1) is 0 Å². The number of nitrogens with zero attached hydrogens (tertiary/aromatic N) is 2. The van der Waals surface area contributed by atoms with Crippen LogP contribution in [0.2, 0.25) is 0 Å². The minimum atomic E-state index is 0.490. The lowest BCUT2D eigenvalue weighted by molar-refractivity contribution is 0.462. The third-order valence-electron chi connectivity index (χ3n) is 4.25. The lowest BCUT2D eigenvalue weighted by atomic mass is 10.00. The smallest absolute Gasteiger partial charge is 0.101 e. The van der Waals surface area contributed by atoms with Crippen LogP contribution in [0.15, 0.2) is 18.2 Å². The van der Waals surface area contributed by atoms with Crippen molar-refractivity contribution in [3.05, 3.63) is 29.3 Å². The summed E-state index contributed by atoms with van der Waals surface area (Å²) in [5.74, 6) is 0.562. The van der Waals surface area contributed by atoms with E-state index in [9.17, 15) is 5.26 Å². The molecule has 3 nitrogen and oxygen atoms in total. The van der Waals surface area contributed by atoms with E-state index < -0.39 is 0 Å². The summed E-state index contributed by atoms with van der Waals surface area (Å²) in [6.07, 6.45) is 3.65. The van der Waals surface area contributed by atoms with E-state index in [1.807, 2.05) is 12.1 Å². The monoisotopic (exact) mass is 257 g/mol. The molecule has 102 valence electrons. The van der Waals surface area contributed by atoms with Gasteiger partial charge < -0.3 is 10.6 Å². The number of benzene rings is 1. The van der Waals surface area contributed by atoms with Crippen LogP contribution >= 0.6 is 0 Å². The summed E-state index contributed by atoms with van der Waals surface area (Å²) in [7, 11) is 0. The van der Waals surface area contributed by atoms with Crippen molar-refractivity contribution in [2.24, 2.45) is 11.7 Å². The Labute approximate surface area is 116 Å². The first-order chi connectivity index (χ1) is 9.21. The molecule has 0 radical (unpaired) electrons. The second-order valence-corrected chi connectivity index (χ2v) is 5.41. The highest BCUT2D eigenvalue weighted by molar-refractivity contribution is 5.61. The minimum absolute atomic E-state index is 0.490. The molecular weight excluding hydrogens is 234 g/mol. The zero-order valence-electron chi connectivity index (χ0n) is 11.9. The van der Waals surface area contributed by atoms with Crippen LogP contribution in [0.1, 0.15) is 37.3 Å². The SMILES string of the molecule is CCN(c1cc(C)ccc1C#N)C1CCCC1CN. The van der Waals surface area contributed by atoms with E-state index in [0.29, 0.717) is 12.0 Å². The van der Waals surface area contributed by atoms with Gasteiger partial charge in [0, 0.05) is 12.6 Å². The summed E-state index contributed by atoms with van der Waals surface area (Å²) in [5, 5.41) is 9.32. The molecule has 1 aliphatic carbocycles. The molecule has 2 atom stereocenters. The quantitative estimate of drug-likeness (QED) is 0.902. The Morgan fingerprint density at radius 3 is 2.84 bits per heavy atom. The first kappa shape index (κ1) is 13.9. The average Bonchev–Trinajstić information content (AvgIpc) is 2.88. The highest BCUT2D eigenvalue weighted by Crippen LogP contribution is 2.34. The van der Waals surface area contributed by atoms with Crippen molar-refractivity contribution >= 4 is 5.69 Å². The van der Waals surface area contributed by atoms with E-state index >= 15 is 0 Å². The fourth-order valence-corrected chi connectivity index (χ4v) is 3.26. The zero-order chi connectivity index (χ0) is 13.8. The molecule has 1 saturated carbocycles. The van der Waals surface area contributed by atoms with Crippen LogP contribution in [-0.4, -0.2) is 19.1 Å². The summed E-state index contributed by atoms with van der Waals surface area (Å²) in [6, 6.07) is 8.88. The minimum Gasteiger partial charge on any atom is -0.367 e.